The second kappa shape index (κ2) is 71.1. The van der Waals surface area contributed by atoms with Gasteiger partial charge in [-0.15, -0.1) is 0 Å². The highest BCUT2D eigenvalue weighted by Crippen LogP contribution is 2.18. The second-order valence-electron chi connectivity index (χ2n) is 24.1. The van der Waals surface area contributed by atoms with Crippen molar-refractivity contribution in [1.29, 1.82) is 0 Å². The Labute approximate surface area is 515 Å². The van der Waals surface area contributed by atoms with Gasteiger partial charge >= 0.3 is 17.9 Å². The molecule has 0 rings (SSSR count). The predicted molar refractivity (Wildman–Crippen MR) is 362 cm³/mol. The molecule has 0 amide bonds. The van der Waals surface area contributed by atoms with Crippen LogP contribution in [0.3, 0.4) is 0 Å². The van der Waals surface area contributed by atoms with Crippen molar-refractivity contribution in [1.82, 2.24) is 0 Å². The summed E-state index contributed by atoms with van der Waals surface area (Å²) in [6.07, 6.45) is 95.4. The molecule has 0 aromatic carbocycles. The lowest BCUT2D eigenvalue weighted by Crippen LogP contribution is -2.30. The highest BCUT2D eigenvalue weighted by Gasteiger charge is 2.19. The van der Waals surface area contributed by atoms with Crippen molar-refractivity contribution in [3.05, 3.63) is 85.1 Å². The van der Waals surface area contributed by atoms with Gasteiger partial charge in [-0.05, 0) is 96.3 Å². The zero-order valence-electron chi connectivity index (χ0n) is 55.2. The molecule has 0 radical (unpaired) electrons. The number of carbonyl (C=O) groups is 3. The fourth-order valence-electron chi connectivity index (χ4n) is 10.5. The molecular formula is C77H136O6. The Hall–Kier alpha value is -3.41. The van der Waals surface area contributed by atoms with Gasteiger partial charge in [0.25, 0.3) is 0 Å². The van der Waals surface area contributed by atoms with Gasteiger partial charge in [0, 0.05) is 19.3 Å². The molecule has 0 aliphatic heterocycles. The number of hydrogen-bond donors (Lipinski definition) is 0. The lowest BCUT2D eigenvalue weighted by Gasteiger charge is -2.18. The van der Waals surface area contributed by atoms with E-state index in [1.165, 1.54) is 225 Å². The van der Waals surface area contributed by atoms with E-state index in [2.05, 4.69) is 106 Å². The molecule has 0 heterocycles. The minimum atomic E-state index is -0.772. The van der Waals surface area contributed by atoms with Gasteiger partial charge < -0.3 is 14.2 Å². The Morgan fingerprint density at radius 1 is 0.253 bits per heavy atom. The van der Waals surface area contributed by atoms with Crippen LogP contribution in [-0.4, -0.2) is 37.2 Å². The number of rotatable bonds is 66. The average molecular weight is 1160 g/mol. The first kappa shape index (κ1) is 79.6. The molecule has 83 heavy (non-hydrogen) atoms. The molecule has 480 valence electrons. The number of ether oxygens (including phenoxy) is 3. The van der Waals surface area contributed by atoms with Gasteiger partial charge in [-0.25, -0.2) is 0 Å². The fraction of sp³-hybridized carbons (Fsp3) is 0.779. The Balaban J connectivity index is 3.93. The van der Waals surface area contributed by atoms with Crippen molar-refractivity contribution in [2.45, 2.75) is 374 Å². The molecule has 6 heteroatoms. The first-order valence-corrected chi connectivity index (χ1v) is 36.1. The van der Waals surface area contributed by atoms with Crippen LogP contribution in [0.4, 0.5) is 0 Å². The van der Waals surface area contributed by atoms with Gasteiger partial charge in [0.1, 0.15) is 13.2 Å². The minimum absolute atomic E-state index is 0.0724. The molecule has 0 aromatic heterocycles. The number of carbonyl (C=O) groups excluding carboxylic acids is 3. The van der Waals surface area contributed by atoms with Crippen molar-refractivity contribution >= 4 is 17.9 Å². The topological polar surface area (TPSA) is 78.9 Å². The molecule has 1 atom stereocenters. The van der Waals surface area contributed by atoms with E-state index in [1.807, 2.05) is 0 Å². The summed E-state index contributed by atoms with van der Waals surface area (Å²) in [6, 6.07) is 0. The number of unbranched alkanes of at least 4 members (excludes halogenated alkanes) is 41. The van der Waals surface area contributed by atoms with Gasteiger partial charge in [0.05, 0.1) is 0 Å². The Morgan fingerprint density at radius 2 is 0.470 bits per heavy atom. The summed E-state index contributed by atoms with van der Waals surface area (Å²) in [5, 5.41) is 0. The largest absolute Gasteiger partial charge is 0.462 e. The van der Waals surface area contributed by atoms with Gasteiger partial charge in [-0.2, -0.15) is 0 Å². The normalized spacial score (nSPS) is 12.6. The predicted octanol–water partition coefficient (Wildman–Crippen LogP) is 25.0. The molecule has 6 nitrogen and oxygen atoms in total. The quantitative estimate of drug-likeness (QED) is 0.0261. The van der Waals surface area contributed by atoms with E-state index < -0.39 is 6.10 Å². The van der Waals surface area contributed by atoms with E-state index in [4.69, 9.17) is 14.2 Å². The van der Waals surface area contributed by atoms with E-state index in [-0.39, 0.29) is 31.1 Å². The summed E-state index contributed by atoms with van der Waals surface area (Å²) in [5.74, 6) is -0.870. The molecule has 0 aromatic rings. The van der Waals surface area contributed by atoms with Gasteiger partial charge in [0.15, 0.2) is 6.10 Å². The molecule has 0 N–H and O–H groups in total. The number of hydrogen-bond acceptors (Lipinski definition) is 6. The van der Waals surface area contributed by atoms with Crippen LogP contribution in [0.1, 0.15) is 367 Å². The van der Waals surface area contributed by atoms with Crippen LogP contribution >= 0.6 is 0 Å². The molecule has 0 aliphatic rings. The summed E-state index contributed by atoms with van der Waals surface area (Å²) < 4.78 is 16.8. The van der Waals surface area contributed by atoms with Crippen LogP contribution in [0.25, 0.3) is 0 Å². The fourth-order valence-corrected chi connectivity index (χ4v) is 10.5. The number of allylic oxidation sites excluding steroid dienone is 14. The first-order chi connectivity index (χ1) is 41.0. The third-order valence-electron chi connectivity index (χ3n) is 15.9. The SMILES string of the molecule is CC/C=C\C/C=C\C/C=C\C/C=C\CCCCCCCCCCCCCCCCCCCCCCC(=O)OCC(COC(=O)CCCCCCC)OC(=O)CCCCCCCCCCCCCC/C=C\C/C=C\C/C=C\CCCCCCC. The zero-order chi connectivity index (χ0) is 59.9. The van der Waals surface area contributed by atoms with Crippen LogP contribution in [0.5, 0.6) is 0 Å². The lowest BCUT2D eigenvalue weighted by atomic mass is 10.0. The molecule has 0 aliphatic carbocycles. The smallest absolute Gasteiger partial charge is 0.306 e. The summed E-state index contributed by atoms with van der Waals surface area (Å²) in [5.41, 5.74) is 0. The highest BCUT2D eigenvalue weighted by atomic mass is 16.6. The standard InChI is InChI=1S/C77H136O6/c1-4-7-10-13-15-17-19-21-23-25-27-29-31-33-35-36-37-38-39-40-42-43-45-47-49-51-53-55-57-59-61-64-67-70-76(79)82-73-74(72-81-75(78)69-66-63-12-9-6-3)83-77(80)71-68-65-62-60-58-56-54-52-50-48-46-44-41-34-32-30-28-26-24-22-20-18-16-14-11-8-5-2/h7,10,15,17,20-23,26-29,32,34,74H,4-6,8-9,11-14,16,18-19,24-25,30-31,33,35-73H2,1-3H3/b10-7-,17-15-,22-20-,23-21-,28-26-,29-27-,34-32-. The highest BCUT2D eigenvalue weighted by molar-refractivity contribution is 5.71. The molecule has 0 saturated carbocycles. The van der Waals surface area contributed by atoms with Gasteiger partial charge in [-0.3, -0.25) is 14.4 Å². The van der Waals surface area contributed by atoms with Crippen LogP contribution in [0.2, 0.25) is 0 Å². The van der Waals surface area contributed by atoms with Crippen molar-refractivity contribution in [3.63, 3.8) is 0 Å². The summed E-state index contributed by atoms with van der Waals surface area (Å²) >= 11 is 0. The third-order valence-corrected chi connectivity index (χ3v) is 15.9. The summed E-state index contributed by atoms with van der Waals surface area (Å²) in [4.78, 5) is 38.0. The van der Waals surface area contributed by atoms with Gasteiger partial charge in [0.2, 0.25) is 0 Å². The van der Waals surface area contributed by atoms with Crippen LogP contribution in [0, 0.1) is 0 Å². The van der Waals surface area contributed by atoms with Crippen LogP contribution in [0.15, 0.2) is 85.1 Å². The first-order valence-electron chi connectivity index (χ1n) is 36.1. The summed E-state index contributed by atoms with van der Waals surface area (Å²) in [7, 11) is 0. The molecular weight excluding hydrogens is 1020 g/mol. The zero-order valence-corrected chi connectivity index (χ0v) is 55.2. The van der Waals surface area contributed by atoms with Crippen molar-refractivity contribution in [2.75, 3.05) is 13.2 Å². The molecule has 0 saturated heterocycles. The number of esters is 3. The molecule has 0 spiro atoms. The van der Waals surface area contributed by atoms with E-state index in [9.17, 15) is 14.4 Å². The molecule has 0 bridgehead atoms. The Bertz CT molecular complexity index is 1570. The monoisotopic (exact) mass is 1160 g/mol. The Kier molecular flexibility index (Phi) is 68.2. The maximum atomic E-state index is 12.9. The van der Waals surface area contributed by atoms with Gasteiger partial charge in [-0.1, -0.05) is 337 Å². The third kappa shape index (κ3) is 69.3. The molecule has 0 fully saturated rings. The van der Waals surface area contributed by atoms with E-state index in [0.29, 0.717) is 19.3 Å². The summed E-state index contributed by atoms with van der Waals surface area (Å²) in [6.45, 7) is 6.48. The Morgan fingerprint density at radius 3 is 0.735 bits per heavy atom. The maximum absolute atomic E-state index is 12.9. The maximum Gasteiger partial charge on any atom is 0.306 e. The second-order valence-corrected chi connectivity index (χ2v) is 24.1. The molecule has 1 unspecified atom stereocenters. The lowest BCUT2D eigenvalue weighted by molar-refractivity contribution is -0.167. The van der Waals surface area contributed by atoms with Crippen molar-refractivity contribution in [2.24, 2.45) is 0 Å². The minimum Gasteiger partial charge on any atom is -0.462 e. The van der Waals surface area contributed by atoms with Crippen molar-refractivity contribution < 1.29 is 28.6 Å². The van der Waals surface area contributed by atoms with Crippen LogP contribution < -0.4 is 0 Å². The average Bonchev–Trinajstić information content (AvgIpc) is 3.49. The van der Waals surface area contributed by atoms with E-state index >= 15 is 0 Å². The van der Waals surface area contributed by atoms with Crippen LogP contribution in [-0.2, 0) is 28.6 Å². The van der Waals surface area contributed by atoms with E-state index in [0.717, 1.165) is 103 Å². The van der Waals surface area contributed by atoms with Crippen molar-refractivity contribution in [3.8, 4) is 0 Å². The van der Waals surface area contributed by atoms with E-state index in [1.54, 1.807) is 0 Å².